The summed E-state index contributed by atoms with van der Waals surface area (Å²) in [6.07, 6.45) is 2.24. The lowest BCUT2D eigenvalue weighted by Crippen LogP contribution is -2.22. The highest BCUT2D eigenvalue weighted by Crippen LogP contribution is 2.12. The molecule has 0 aliphatic carbocycles. The van der Waals surface area contributed by atoms with Crippen molar-refractivity contribution in [1.82, 2.24) is 4.98 Å². The molecule has 0 aliphatic rings. The lowest BCUT2D eigenvalue weighted by Gasteiger charge is -2.10. The molecule has 16 heavy (non-hydrogen) atoms. The zero-order chi connectivity index (χ0) is 12.0. The van der Waals surface area contributed by atoms with Crippen molar-refractivity contribution in [3.8, 4) is 5.88 Å². The fraction of sp³-hybridized carbons (Fsp3) is 0.455. The van der Waals surface area contributed by atoms with Crippen LogP contribution >= 0.6 is 0 Å². The summed E-state index contributed by atoms with van der Waals surface area (Å²) in [5, 5.41) is 2.77. The maximum Gasteiger partial charge on any atom is 0.227 e. The van der Waals surface area contributed by atoms with E-state index in [9.17, 15) is 4.79 Å². The zero-order valence-corrected chi connectivity index (χ0v) is 9.56. The number of hydrogen-bond donors (Lipinski definition) is 2. The number of ether oxygens (including phenoxy) is 1. The fourth-order valence-electron chi connectivity index (χ4n) is 1.22. The van der Waals surface area contributed by atoms with E-state index in [1.165, 1.54) is 0 Å². The molecule has 0 aromatic carbocycles. The van der Waals surface area contributed by atoms with E-state index in [-0.39, 0.29) is 11.8 Å². The van der Waals surface area contributed by atoms with Crippen LogP contribution < -0.4 is 15.8 Å². The van der Waals surface area contributed by atoms with Gasteiger partial charge >= 0.3 is 0 Å². The third kappa shape index (κ3) is 3.51. The van der Waals surface area contributed by atoms with Gasteiger partial charge in [0.2, 0.25) is 11.8 Å². The summed E-state index contributed by atoms with van der Waals surface area (Å²) in [4.78, 5) is 15.6. The Morgan fingerprint density at radius 3 is 2.88 bits per heavy atom. The Labute approximate surface area is 95.0 Å². The summed E-state index contributed by atoms with van der Waals surface area (Å²) in [5.41, 5.74) is 6.05. The number of pyridine rings is 1. The van der Waals surface area contributed by atoms with Crippen LogP contribution in [-0.4, -0.2) is 24.5 Å². The number of aromatic nitrogens is 1. The van der Waals surface area contributed by atoms with Gasteiger partial charge in [-0.1, -0.05) is 6.92 Å². The molecule has 3 N–H and O–H groups in total. The molecule has 0 aliphatic heterocycles. The van der Waals surface area contributed by atoms with Crippen LogP contribution in [0.3, 0.4) is 0 Å². The second-order valence-electron chi connectivity index (χ2n) is 3.56. The normalized spacial score (nSPS) is 11.9. The van der Waals surface area contributed by atoms with Gasteiger partial charge in [-0.05, 0) is 19.0 Å². The standard InChI is InChI=1S/C11H17N3O2/c1-8(5-6-12)11(15)14-9-3-4-10(16-2)13-7-9/h3-4,7-8H,5-6,12H2,1-2H3,(H,14,15). The number of nitrogens with one attached hydrogen (secondary N) is 1. The number of rotatable bonds is 5. The fourth-order valence-corrected chi connectivity index (χ4v) is 1.22. The maximum absolute atomic E-state index is 11.6. The van der Waals surface area contributed by atoms with Gasteiger partial charge in [0.1, 0.15) is 0 Å². The number of carbonyl (C=O) groups is 1. The minimum absolute atomic E-state index is 0.0441. The summed E-state index contributed by atoms with van der Waals surface area (Å²) < 4.78 is 4.92. The Morgan fingerprint density at radius 2 is 2.38 bits per heavy atom. The second-order valence-corrected chi connectivity index (χ2v) is 3.56. The first kappa shape index (κ1) is 12.4. The number of anilines is 1. The monoisotopic (exact) mass is 223 g/mol. The molecule has 0 saturated carbocycles. The van der Waals surface area contributed by atoms with Crippen molar-refractivity contribution >= 4 is 11.6 Å². The van der Waals surface area contributed by atoms with Crippen LogP contribution in [0.1, 0.15) is 13.3 Å². The average molecular weight is 223 g/mol. The van der Waals surface area contributed by atoms with E-state index in [1.807, 2.05) is 6.92 Å². The van der Waals surface area contributed by atoms with Crippen LogP contribution in [-0.2, 0) is 4.79 Å². The average Bonchev–Trinajstić information content (AvgIpc) is 2.30. The van der Waals surface area contributed by atoms with Crippen LogP contribution in [0.15, 0.2) is 18.3 Å². The molecule has 1 aromatic rings. The Bertz CT molecular complexity index is 338. The minimum Gasteiger partial charge on any atom is -0.481 e. The van der Waals surface area contributed by atoms with Crippen molar-refractivity contribution in [3.05, 3.63) is 18.3 Å². The quantitative estimate of drug-likeness (QED) is 0.781. The van der Waals surface area contributed by atoms with Crippen LogP contribution in [0.5, 0.6) is 5.88 Å². The van der Waals surface area contributed by atoms with Crippen molar-refractivity contribution < 1.29 is 9.53 Å². The first-order chi connectivity index (χ1) is 7.67. The minimum atomic E-state index is -0.0906. The van der Waals surface area contributed by atoms with E-state index in [0.29, 0.717) is 24.5 Å². The summed E-state index contributed by atoms with van der Waals surface area (Å²) in [6.45, 7) is 2.36. The molecule has 1 amide bonds. The molecule has 1 heterocycles. The van der Waals surface area contributed by atoms with E-state index < -0.39 is 0 Å². The maximum atomic E-state index is 11.6. The van der Waals surface area contributed by atoms with Gasteiger partial charge in [0.25, 0.3) is 0 Å². The van der Waals surface area contributed by atoms with Crippen LogP contribution in [0.25, 0.3) is 0 Å². The predicted octanol–water partition coefficient (Wildman–Crippen LogP) is 1.01. The lowest BCUT2D eigenvalue weighted by atomic mass is 10.1. The molecule has 0 spiro atoms. The Balaban J connectivity index is 2.55. The molecule has 0 radical (unpaired) electrons. The van der Waals surface area contributed by atoms with Crippen molar-refractivity contribution in [2.45, 2.75) is 13.3 Å². The zero-order valence-electron chi connectivity index (χ0n) is 9.56. The van der Waals surface area contributed by atoms with Gasteiger partial charge in [0.15, 0.2) is 0 Å². The van der Waals surface area contributed by atoms with Crippen molar-refractivity contribution in [3.63, 3.8) is 0 Å². The van der Waals surface area contributed by atoms with Crippen LogP contribution in [0, 0.1) is 5.92 Å². The number of amides is 1. The molecule has 5 heteroatoms. The smallest absolute Gasteiger partial charge is 0.227 e. The molecular weight excluding hydrogens is 206 g/mol. The molecule has 88 valence electrons. The highest BCUT2D eigenvalue weighted by atomic mass is 16.5. The van der Waals surface area contributed by atoms with Gasteiger partial charge in [-0.15, -0.1) is 0 Å². The highest BCUT2D eigenvalue weighted by molar-refractivity contribution is 5.92. The molecule has 1 rings (SSSR count). The molecule has 0 bridgehead atoms. The third-order valence-corrected chi connectivity index (χ3v) is 2.26. The number of nitrogens with zero attached hydrogens (tertiary/aromatic N) is 1. The predicted molar refractivity (Wildman–Crippen MR) is 62.3 cm³/mol. The van der Waals surface area contributed by atoms with E-state index in [0.717, 1.165) is 0 Å². The molecule has 1 unspecified atom stereocenters. The first-order valence-corrected chi connectivity index (χ1v) is 5.18. The molecule has 5 nitrogen and oxygen atoms in total. The summed E-state index contributed by atoms with van der Waals surface area (Å²) in [5.74, 6) is 0.387. The topological polar surface area (TPSA) is 77.2 Å². The summed E-state index contributed by atoms with van der Waals surface area (Å²) >= 11 is 0. The molecular formula is C11H17N3O2. The van der Waals surface area contributed by atoms with Gasteiger partial charge in [-0.2, -0.15) is 0 Å². The highest BCUT2D eigenvalue weighted by Gasteiger charge is 2.11. The third-order valence-electron chi connectivity index (χ3n) is 2.26. The molecule has 0 saturated heterocycles. The largest absolute Gasteiger partial charge is 0.481 e. The number of carbonyl (C=O) groups excluding carboxylic acids is 1. The summed E-state index contributed by atoms with van der Waals surface area (Å²) in [7, 11) is 1.55. The van der Waals surface area contributed by atoms with Crippen molar-refractivity contribution in [1.29, 1.82) is 0 Å². The Morgan fingerprint density at radius 1 is 1.62 bits per heavy atom. The molecule has 1 atom stereocenters. The summed E-state index contributed by atoms with van der Waals surface area (Å²) in [6, 6.07) is 3.45. The van der Waals surface area contributed by atoms with Crippen LogP contribution in [0.4, 0.5) is 5.69 Å². The number of methoxy groups -OCH3 is 1. The van der Waals surface area contributed by atoms with Gasteiger partial charge in [-0.25, -0.2) is 4.98 Å². The second kappa shape index (κ2) is 6.07. The van der Waals surface area contributed by atoms with E-state index in [2.05, 4.69) is 10.3 Å². The van der Waals surface area contributed by atoms with Gasteiger partial charge in [0, 0.05) is 12.0 Å². The van der Waals surface area contributed by atoms with Crippen molar-refractivity contribution in [2.24, 2.45) is 11.7 Å². The molecule has 1 aromatic heterocycles. The van der Waals surface area contributed by atoms with E-state index in [4.69, 9.17) is 10.5 Å². The van der Waals surface area contributed by atoms with E-state index in [1.54, 1.807) is 25.4 Å². The first-order valence-electron chi connectivity index (χ1n) is 5.18. The SMILES string of the molecule is COc1ccc(NC(=O)C(C)CCN)cn1. The number of hydrogen-bond acceptors (Lipinski definition) is 4. The van der Waals surface area contributed by atoms with E-state index >= 15 is 0 Å². The van der Waals surface area contributed by atoms with Gasteiger partial charge in [0.05, 0.1) is 19.0 Å². The Hall–Kier alpha value is -1.62. The lowest BCUT2D eigenvalue weighted by molar-refractivity contribution is -0.119. The van der Waals surface area contributed by atoms with Gasteiger partial charge < -0.3 is 15.8 Å². The number of nitrogens with two attached hydrogens (primary N) is 1. The molecule has 0 fully saturated rings. The van der Waals surface area contributed by atoms with Gasteiger partial charge in [-0.3, -0.25) is 4.79 Å². The van der Waals surface area contributed by atoms with Crippen LogP contribution in [0.2, 0.25) is 0 Å². The van der Waals surface area contributed by atoms with Crippen molar-refractivity contribution in [2.75, 3.05) is 19.0 Å². The Kier molecular flexibility index (Phi) is 4.72.